The van der Waals surface area contributed by atoms with Crippen LogP contribution in [0.15, 0.2) is 0 Å². The minimum atomic E-state index is 0.130. The molecule has 2 nitrogen and oxygen atoms in total. The van der Waals surface area contributed by atoms with Crippen molar-refractivity contribution in [3.05, 3.63) is 0 Å². The van der Waals surface area contributed by atoms with Crippen molar-refractivity contribution in [3.63, 3.8) is 0 Å². The van der Waals surface area contributed by atoms with E-state index in [1.807, 2.05) is 0 Å². The van der Waals surface area contributed by atoms with Crippen LogP contribution in [0.5, 0.6) is 0 Å². The van der Waals surface area contributed by atoms with Gasteiger partial charge in [0, 0.05) is 13.0 Å². The maximum absolute atomic E-state index is 11.0. The van der Waals surface area contributed by atoms with Gasteiger partial charge in [0.25, 0.3) is 0 Å². The van der Waals surface area contributed by atoms with Gasteiger partial charge in [0.2, 0.25) is 5.91 Å². The molecule has 0 aliphatic rings. The third kappa shape index (κ3) is 7.99. The highest BCUT2D eigenvalue weighted by atomic mass is 32.1. The first-order valence-electron chi connectivity index (χ1n) is 4.39. The summed E-state index contributed by atoms with van der Waals surface area (Å²) >= 11 is 4.06. The Morgan fingerprint density at radius 2 is 2.08 bits per heavy atom. The van der Waals surface area contributed by atoms with Crippen LogP contribution in [0.2, 0.25) is 6.32 Å². The topological polar surface area (TPSA) is 29.1 Å². The number of carbonyl (C=O) groups is 1. The van der Waals surface area contributed by atoms with Crippen molar-refractivity contribution in [2.24, 2.45) is 0 Å². The number of hydrogen-bond donors (Lipinski definition) is 2. The fraction of sp³-hybridized carbons (Fsp3) is 0.875. The minimum Gasteiger partial charge on any atom is -0.356 e. The van der Waals surface area contributed by atoms with Gasteiger partial charge in [0.05, 0.1) is 7.85 Å². The molecule has 0 unspecified atom stereocenters. The van der Waals surface area contributed by atoms with Crippen LogP contribution in [-0.2, 0) is 4.79 Å². The molecule has 4 heteroatoms. The van der Waals surface area contributed by atoms with Gasteiger partial charge < -0.3 is 5.32 Å². The lowest BCUT2D eigenvalue weighted by atomic mass is 10.0. The third-order valence-corrected chi connectivity index (χ3v) is 1.83. The lowest BCUT2D eigenvalue weighted by Crippen LogP contribution is -2.23. The second kappa shape index (κ2) is 8.98. The summed E-state index contributed by atoms with van der Waals surface area (Å²) in [6.07, 6.45) is 4.05. The lowest BCUT2D eigenvalue weighted by molar-refractivity contribution is -0.121. The van der Waals surface area contributed by atoms with Gasteiger partial charge in [-0.05, 0) is 25.0 Å². The predicted molar refractivity (Wildman–Crippen MR) is 55.9 cm³/mol. The summed E-state index contributed by atoms with van der Waals surface area (Å²) in [6, 6.07) is 0. The number of hydrogen-bond acceptors (Lipinski definition) is 2. The number of carbonyl (C=O) groups excluding carboxylic acids is 1. The van der Waals surface area contributed by atoms with Gasteiger partial charge in [-0.15, -0.1) is 0 Å². The molecule has 1 N–H and O–H groups in total. The van der Waals surface area contributed by atoms with Crippen LogP contribution >= 0.6 is 12.6 Å². The van der Waals surface area contributed by atoms with Gasteiger partial charge in [0.15, 0.2) is 0 Å². The molecule has 0 aromatic carbocycles. The summed E-state index contributed by atoms with van der Waals surface area (Å²) in [7, 11) is 5.27. The van der Waals surface area contributed by atoms with Crippen molar-refractivity contribution in [2.45, 2.75) is 32.0 Å². The molecule has 1 amide bonds. The average molecular weight is 185 g/mol. The highest BCUT2D eigenvalue weighted by Gasteiger charge is 1.98. The summed E-state index contributed by atoms with van der Waals surface area (Å²) in [5, 5.41) is 2.80. The first-order chi connectivity index (χ1) is 5.81. The SMILES string of the molecule is [B]CCCNC(=O)CCCCS. The highest BCUT2D eigenvalue weighted by molar-refractivity contribution is 7.80. The molecule has 0 fully saturated rings. The Kier molecular flexibility index (Phi) is 8.89. The number of rotatable bonds is 7. The van der Waals surface area contributed by atoms with E-state index in [9.17, 15) is 4.79 Å². The van der Waals surface area contributed by atoms with E-state index in [0.717, 1.165) is 25.0 Å². The zero-order valence-electron chi connectivity index (χ0n) is 7.38. The molecule has 12 heavy (non-hydrogen) atoms. The first kappa shape index (κ1) is 11.9. The van der Waals surface area contributed by atoms with E-state index in [4.69, 9.17) is 7.85 Å². The zero-order chi connectivity index (χ0) is 9.23. The molecule has 68 valence electrons. The Hall–Kier alpha value is -0.115. The largest absolute Gasteiger partial charge is 0.356 e. The van der Waals surface area contributed by atoms with Crippen molar-refractivity contribution < 1.29 is 4.79 Å². The van der Waals surface area contributed by atoms with E-state index in [2.05, 4.69) is 17.9 Å². The third-order valence-electron chi connectivity index (χ3n) is 1.52. The smallest absolute Gasteiger partial charge is 0.219 e. The molecular formula is C8H16BNOS. The quantitative estimate of drug-likeness (QED) is 0.348. The van der Waals surface area contributed by atoms with Gasteiger partial charge in [-0.25, -0.2) is 0 Å². The fourth-order valence-corrected chi connectivity index (χ4v) is 1.04. The Bertz CT molecular complexity index is 110. The number of amides is 1. The maximum atomic E-state index is 11.0. The van der Waals surface area contributed by atoms with E-state index in [-0.39, 0.29) is 5.91 Å². The first-order valence-corrected chi connectivity index (χ1v) is 5.02. The minimum absolute atomic E-state index is 0.130. The van der Waals surface area contributed by atoms with Gasteiger partial charge in [-0.3, -0.25) is 4.79 Å². The van der Waals surface area contributed by atoms with Crippen LogP contribution < -0.4 is 5.32 Å². The fourth-order valence-electron chi connectivity index (χ4n) is 0.816. The van der Waals surface area contributed by atoms with E-state index >= 15 is 0 Å². The molecule has 2 radical (unpaired) electrons. The maximum Gasteiger partial charge on any atom is 0.219 e. The van der Waals surface area contributed by atoms with Crippen molar-refractivity contribution in [3.8, 4) is 0 Å². The summed E-state index contributed by atoms with van der Waals surface area (Å²) < 4.78 is 0. The second-order valence-electron chi connectivity index (χ2n) is 2.67. The van der Waals surface area contributed by atoms with Crippen molar-refractivity contribution in [1.82, 2.24) is 5.32 Å². The Balaban J connectivity index is 3.10. The number of thiol groups is 1. The lowest BCUT2D eigenvalue weighted by Gasteiger charge is -2.02. The Labute approximate surface area is 81.3 Å². The van der Waals surface area contributed by atoms with Gasteiger partial charge >= 0.3 is 0 Å². The molecule has 0 rings (SSSR count). The molecule has 0 bridgehead atoms. The number of unbranched alkanes of at least 4 members (excludes halogenated alkanes) is 1. The predicted octanol–water partition coefficient (Wildman–Crippen LogP) is 1.18. The van der Waals surface area contributed by atoms with Crippen LogP contribution in [0, 0.1) is 0 Å². The summed E-state index contributed by atoms with van der Waals surface area (Å²) in [4.78, 5) is 11.0. The monoisotopic (exact) mass is 185 g/mol. The van der Waals surface area contributed by atoms with E-state index in [1.165, 1.54) is 0 Å². The standard InChI is InChI=1S/C8H16BNOS/c9-5-3-6-10-8(11)4-1-2-7-12/h12H,1-7H2,(H,10,11). The Morgan fingerprint density at radius 3 is 2.67 bits per heavy atom. The molecule has 0 aromatic rings. The molecule has 0 saturated heterocycles. The van der Waals surface area contributed by atoms with E-state index in [0.29, 0.717) is 19.3 Å². The van der Waals surface area contributed by atoms with Crippen molar-refractivity contribution in [2.75, 3.05) is 12.3 Å². The van der Waals surface area contributed by atoms with Gasteiger partial charge in [-0.1, -0.05) is 6.32 Å². The average Bonchev–Trinajstić information content (AvgIpc) is 2.06. The molecule has 0 saturated carbocycles. The van der Waals surface area contributed by atoms with Crippen LogP contribution in [0.25, 0.3) is 0 Å². The molecule has 0 atom stereocenters. The van der Waals surface area contributed by atoms with Crippen LogP contribution in [-0.4, -0.2) is 26.1 Å². The van der Waals surface area contributed by atoms with E-state index in [1.54, 1.807) is 0 Å². The van der Waals surface area contributed by atoms with E-state index < -0.39 is 0 Å². The molecule has 0 aliphatic carbocycles. The zero-order valence-corrected chi connectivity index (χ0v) is 8.28. The summed E-state index contributed by atoms with van der Waals surface area (Å²) in [5.74, 6) is 0.987. The van der Waals surface area contributed by atoms with Crippen molar-refractivity contribution in [1.29, 1.82) is 0 Å². The number of nitrogens with one attached hydrogen (secondary N) is 1. The van der Waals surface area contributed by atoms with Crippen LogP contribution in [0.3, 0.4) is 0 Å². The molecule has 0 heterocycles. The van der Waals surface area contributed by atoms with Crippen LogP contribution in [0.4, 0.5) is 0 Å². The molecule has 0 spiro atoms. The van der Waals surface area contributed by atoms with Crippen molar-refractivity contribution >= 4 is 26.4 Å². The highest BCUT2D eigenvalue weighted by Crippen LogP contribution is 1.96. The van der Waals surface area contributed by atoms with Crippen LogP contribution in [0.1, 0.15) is 25.7 Å². The molecule has 0 aromatic heterocycles. The van der Waals surface area contributed by atoms with Gasteiger partial charge in [0.1, 0.15) is 0 Å². The second-order valence-corrected chi connectivity index (χ2v) is 3.12. The van der Waals surface area contributed by atoms with Gasteiger partial charge in [-0.2, -0.15) is 12.6 Å². The summed E-state index contributed by atoms with van der Waals surface area (Å²) in [6.45, 7) is 0.705. The Morgan fingerprint density at radius 1 is 1.33 bits per heavy atom. The molecule has 0 aliphatic heterocycles. The summed E-state index contributed by atoms with van der Waals surface area (Å²) in [5.41, 5.74) is 0. The normalized spacial score (nSPS) is 9.75. The molecular weight excluding hydrogens is 169 g/mol.